The van der Waals surface area contributed by atoms with Crippen LogP contribution in [0.25, 0.3) is 0 Å². The quantitative estimate of drug-likeness (QED) is 0.577. The maximum Gasteiger partial charge on any atom is 0.242 e. The maximum atomic E-state index is 11.5. The van der Waals surface area contributed by atoms with Crippen molar-refractivity contribution in [2.75, 3.05) is 37.9 Å². The zero-order valence-electron chi connectivity index (χ0n) is 12.0. The first-order valence-electron chi connectivity index (χ1n) is 6.31. The molecule has 0 unspecified atom stereocenters. The monoisotopic (exact) mass is 283 g/mol. The van der Waals surface area contributed by atoms with Gasteiger partial charge in [0.25, 0.3) is 0 Å². The Morgan fingerprint density at radius 2 is 2.20 bits per heavy atom. The van der Waals surface area contributed by atoms with Crippen molar-refractivity contribution in [3.63, 3.8) is 0 Å². The second kappa shape index (κ2) is 8.16. The summed E-state index contributed by atoms with van der Waals surface area (Å²) >= 11 is 0. The molecule has 0 radical (unpaired) electrons. The van der Waals surface area contributed by atoms with Gasteiger partial charge < -0.3 is 25.8 Å². The number of aromatic nitrogens is 2. The zero-order chi connectivity index (χ0) is 15.0. The molecule has 0 saturated heterocycles. The van der Waals surface area contributed by atoms with Crippen LogP contribution in [0.4, 0.5) is 11.5 Å². The van der Waals surface area contributed by atoms with Crippen LogP contribution in [0.3, 0.4) is 0 Å². The lowest BCUT2D eigenvalue weighted by Gasteiger charge is -2.13. The van der Waals surface area contributed by atoms with Crippen LogP contribution in [0.5, 0.6) is 5.88 Å². The van der Waals surface area contributed by atoms with Gasteiger partial charge in [-0.15, -0.1) is 0 Å². The fourth-order valence-corrected chi connectivity index (χ4v) is 1.36. The minimum Gasteiger partial charge on any atom is -0.473 e. The van der Waals surface area contributed by atoms with E-state index < -0.39 is 0 Å². The van der Waals surface area contributed by atoms with Crippen molar-refractivity contribution < 1.29 is 14.3 Å². The molecule has 0 aliphatic heterocycles. The Kier molecular flexibility index (Phi) is 6.51. The van der Waals surface area contributed by atoms with Crippen LogP contribution in [-0.2, 0) is 9.53 Å². The van der Waals surface area contributed by atoms with Gasteiger partial charge in [0.15, 0.2) is 5.82 Å². The summed E-state index contributed by atoms with van der Waals surface area (Å²) in [6.45, 7) is 4.73. The van der Waals surface area contributed by atoms with Crippen molar-refractivity contribution in [3.8, 4) is 5.88 Å². The Labute approximate surface area is 118 Å². The molecule has 0 aliphatic rings. The molecular formula is C12H21N5O3. The molecular weight excluding hydrogens is 262 g/mol. The summed E-state index contributed by atoms with van der Waals surface area (Å²) in [4.78, 5) is 19.5. The summed E-state index contributed by atoms with van der Waals surface area (Å²) in [5, 5.41) is 5.52. The number of hydrogen-bond donors (Lipinski definition) is 3. The molecule has 0 aromatic carbocycles. The molecule has 1 aromatic rings. The Morgan fingerprint density at radius 3 is 2.85 bits per heavy atom. The van der Waals surface area contributed by atoms with E-state index in [1.165, 1.54) is 6.33 Å². The van der Waals surface area contributed by atoms with Gasteiger partial charge in [-0.2, -0.15) is 4.98 Å². The first-order valence-corrected chi connectivity index (χ1v) is 6.31. The van der Waals surface area contributed by atoms with Gasteiger partial charge in [-0.3, -0.25) is 4.79 Å². The molecule has 4 N–H and O–H groups in total. The van der Waals surface area contributed by atoms with E-state index in [2.05, 4.69) is 20.6 Å². The third kappa shape index (κ3) is 5.27. The van der Waals surface area contributed by atoms with Gasteiger partial charge in [-0.05, 0) is 13.8 Å². The molecule has 1 amide bonds. The van der Waals surface area contributed by atoms with Crippen LogP contribution in [-0.4, -0.2) is 48.8 Å². The van der Waals surface area contributed by atoms with Crippen LogP contribution in [0.1, 0.15) is 13.8 Å². The highest BCUT2D eigenvalue weighted by molar-refractivity contribution is 5.81. The number of hydrogen-bond acceptors (Lipinski definition) is 7. The summed E-state index contributed by atoms with van der Waals surface area (Å²) in [5.74, 6) is 0.501. The van der Waals surface area contributed by atoms with Gasteiger partial charge >= 0.3 is 0 Å². The van der Waals surface area contributed by atoms with E-state index in [1.807, 2.05) is 13.8 Å². The number of rotatable bonds is 8. The number of anilines is 2. The average molecular weight is 283 g/mol. The molecule has 0 aliphatic carbocycles. The first-order chi connectivity index (χ1) is 9.54. The van der Waals surface area contributed by atoms with Crippen molar-refractivity contribution >= 4 is 17.4 Å². The van der Waals surface area contributed by atoms with Crippen molar-refractivity contribution in [3.05, 3.63) is 6.33 Å². The number of ether oxygens (including phenoxy) is 2. The minimum absolute atomic E-state index is 0.0441. The second-order valence-corrected chi connectivity index (χ2v) is 4.30. The van der Waals surface area contributed by atoms with E-state index in [0.717, 1.165) is 0 Å². The molecule has 1 rings (SSSR count). The van der Waals surface area contributed by atoms with Crippen LogP contribution >= 0.6 is 0 Å². The molecule has 1 aromatic heterocycles. The standard InChI is InChI=1S/C12H21N5O3/c1-8(2)20-12-10(13)11(16-7-17-12)15-6-9(18)14-4-5-19-3/h7-8H,4-6,13H2,1-3H3,(H,14,18)(H,15,16,17). The second-order valence-electron chi connectivity index (χ2n) is 4.30. The molecule has 0 fully saturated rings. The molecule has 0 atom stereocenters. The summed E-state index contributed by atoms with van der Waals surface area (Å²) in [7, 11) is 1.57. The smallest absolute Gasteiger partial charge is 0.242 e. The highest BCUT2D eigenvalue weighted by Gasteiger charge is 2.11. The fraction of sp³-hybridized carbons (Fsp3) is 0.583. The number of methoxy groups -OCH3 is 1. The molecule has 20 heavy (non-hydrogen) atoms. The van der Waals surface area contributed by atoms with E-state index in [9.17, 15) is 4.79 Å². The number of carbonyl (C=O) groups excluding carboxylic acids is 1. The third-order valence-electron chi connectivity index (χ3n) is 2.24. The van der Waals surface area contributed by atoms with E-state index in [1.54, 1.807) is 7.11 Å². The van der Waals surface area contributed by atoms with Crippen LogP contribution < -0.4 is 21.1 Å². The van der Waals surface area contributed by atoms with Crippen molar-refractivity contribution in [2.24, 2.45) is 0 Å². The van der Waals surface area contributed by atoms with Crippen LogP contribution in [0, 0.1) is 0 Å². The van der Waals surface area contributed by atoms with Gasteiger partial charge in [0.1, 0.15) is 12.0 Å². The number of nitrogens with one attached hydrogen (secondary N) is 2. The number of carbonyl (C=O) groups is 1. The highest BCUT2D eigenvalue weighted by Crippen LogP contribution is 2.24. The lowest BCUT2D eigenvalue weighted by atomic mass is 10.4. The predicted molar refractivity (Wildman–Crippen MR) is 75.6 cm³/mol. The lowest BCUT2D eigenvalue weighted by Crippen LogP contribution is -2.32. The highest BCUT2D eigenvalue weighted by atomic mass is 16.5. The third-order valence-corrected chi connectivity index (χ3v) is 2.24. The molecule has 1 heterocycles. The van der Waals surface area contributed by atoms with Crippen molar-refractivity contribution in [2.45, 2.75) is 20.0 Å². The summed E-state index contributed by atoms with van der Waals surface area (Å²) < 4.78 is 10.3. The van der Waals surface area contributed by atoms with E-state index in [-0.39, 0.29) is 24.2 Å². The molecule has 8 nitrogen and oxygen atoms in total. The number of nitrogens with zero attached hydrogens (tertiary/aromatic N) is 2. The normalized spacial score (nSPS) is 10.4. The Balaban J connectivity index is 2.53. The first kappa shape index (κ1) is 16.0. The van der Waals surface area contributed by atoms with Crippen LogP contribution in [0.2, 0.25) is 0 Å². The summed E-state index contributed by atoms with van der Waals surface area (Å²) in [6.07, 6.45) is 1.29. The van der Waals surface area contributed by atoms with E-state index >= 15 is 0 Å². The fourth-order valence-electron chi connectivity index (χ4n) is 1.36. The van der Waals surface area contributed by atoms with E-state index in [0.29, 0.717) is 24.8 Å². The van der Waals surface area contributed by atoms with E-state index in [4.69, 9.17) is 15.2 Å². The van der Waals surface area contributed by atoms with Crippen LogP contribution in [0.15, 0.2) is 6.33 Å². The minimum atomic E-state index is -0.175. The maximum absolute atomic E-state index is 11.5. The Bertz CT molecular complexity index is 439. The van der Waals surface area contributed by atoms with Gasteiger partial charge in [0, 0.05) is 13.7 Å². The lowest BCUT2D eigenvalue weighted by molar-refractivity contribution is -0.119. The van der Waals surface area contributed by atoms with Gasteiger partial charge in [-0.25, -0.2) is 4.98 Å². The molecule has 0 bridgehead atoms. The molecule has 112 valence electrons. The summed E-state index contributed by atoms with van der Waals surface area (Å²) in [5.41, 5.74) is 6.16. The summed E-state index contributed by atoms with van der Waals surface area (Å²) in [6, 6.07) is 0. The largest absolute Gasteiger partial charge is 0.473 e. The molecule has 0 spiro atoms. The van der Waals surface area contributed by atoms with Crippen molar-refractivity contribution in [1.29, 1.82) is 0 Å². The average Bonchev–Trinajstić information content (AvgIpc) is 2.39. The zero-order valence-corrected chi connectivity index (χ0v) is 12.0. The SMILES string of the molecule is COCCNC(=O)CNc1ncnc(OC(C)C)c1N. The Hall–Kier alpha value is -2.09. The number of nitrogen functional groups attached to an aromatic ring is 1. The van der Waals surface area contributed by atoms with Crippen molar-refractivity contribution in [1.82, 2.24) is 15.3 Å². The topological polar surface area (TPSA) is 111 Å². The number of amides is 1. The van der Waals surface area contributed by atoms with Gasteiger partial charge in [0.2, 0.25) is 11.8 Å². The molecule has 0 saturated carbocycles. The van der Waals surface area contributed by atoms with Gasteiger partial charge in [-0.1, -0.05) is 0 Å². The number of nitrogens with two attached hydrogens (primary N) is 1. The van der Waals surface area contributed by atoms with Gasteiger partial charge in [0.05, 0.1) is 19.3 Å². The Morgan fingerprint density at radius 1 is 1.45 bits per heavy atom. The predicted octanol–water partition coefficient (Wildman–Crippen LogP) is 0.0205. The molecule has 8 heteroatoms.